The first-order valence-electron chi connectivity index (χ1n) is 6.91. The summed E-state index contributed by atoms with van der Waals surface area (Å²) >= 11 is 1.52. The van der Waals surface area contributed by atoms with Crippen LogP contribution in [0.3, 0.4) is 0 Å². The molecule has 1 unspecified atom stereocenters. The van der Waals surface area contributed by atoms with Gasteiger partial charge < -0.3 is 15.3 Å². The third kappa shape index (κ3) is 3.40. The van der Waals surface area contributed by atoms with Crippen LogP contribution in [-0.2, 0) is 11.2 Å². The van der Waals surface area contributed by atoms with E-state index in [0.29, 0.717) is 19.5 Å². The summed E-state index contributed by atoms with van der Waals surface area (Å²) in [5.74, 6) is 0.0299. The van der Waals surface area contributed by atoms with Gasteiger partial charge in [-0.3, -0.25) is 4.79 Å². The van der Waals surface area contributed by atoms with Gasteiger partial charge in [-0.05, 0) is 5.56 Å². The number of rotatable bonds is 4. The molecule has 1 aromatic heterocycles. The van der Waals surface area contributed by atoms with E-state index >= 15 is 0 Å². The number of nitrogens with zero attached hydrogens (tertiary/aromatic N) is 2. The minimum Gasteiger partial charge on any atom is -0.388 e. The monoisotopic (exact) mass is 303 g/mol. The molecule has 0 bridgehead atoms. The molecule has 0 radical (unpaired) electrons. The topological polar surface area (TPSA) is 65.5 Å². The molecule has 1 aliphatic heterocycles. The van der Waals surface area contributed by atoms with Crippen molar-refractivity contribution in [1.82, 2.24) is 10.3 Å². The van der Waals surface area contributed by atoms with E-state index in [4.69, 9.17) is 0 Å². The zero-order valence-corrected chi connectivity index (χ0v) is 12.3. The molecule has 1 aliphatic rings. The van der Waals surface area contributed by atoms with Crippen LogP contribution in [0.15, 0.2) is 35.7 Å². The summed E-state index contributed by atoms with van der Waals surface area (Å²) < 4.78 is 0. The van der Waals surface area contributed by atoms with Crippen molar-refractivity contribution in [3.8, 4) is 0 Å². The van der Waals surface area contributed by atoms with E-state index in [2.05, 4.69) is 10.3 Å². The Morgan fingerprint density at radius 3 is 2.95 bits per heavy atom. The molecule has 2 aromatic rings. The van der Waals surface area contributed by atoms with E-state index in [9.17, 15) is 9.90 Å². The van der Waals surface area contributed by atoms with Crippen molar-refractivity contribution in [2.75, 3.05) is 24.5 Å². The van der Waals surface area contributed by atoms with Gasteiger partial charge in [0.2, 0.25) is 5.91 Å². The molecule has 1 amide bonds. The lowest BCUT2D eigenvalue weighted by Gasteiger charge is -2.25. The number of carbonyl (C=O) groups excluding carboxylic acids is 1. The molecule has 0 aliphatic carbocycles. The Kier molecular flexibility index (Phi) is 4.17. The Balaban J connectivity index is 1.66. The summed E-state index contributed by atoms with van der Waals surface area (Å²) in [5.41, 5.74) is 1.75. The first-order chi connectivity index (χ1) is 10.2. The van der Waals surface area contributed by atoms with Crippen LogP contribution >= 0.6 is 11.3 Å². The van der Waals surface area contributed by atoms with Crippen LogP contribution in [0.1, 0.15) is 17.4 Å². The van der Waals surface area contributed by atoms with Crippen molar-refractivity contribution in [2.45, 2.75) is 12.5 Å². The average molecular weight is 303 g/mol. The highest BCUT2D eigenvalue weighted by Crippen LogP contribution is 2.24. The van der Waals surface area contributed by atoms with Crippen LogP contribution in [0.25, 0.3) is 0 Å². The van der Waals surface area contributed by atoms with Crippen LogP contribution in [0.2, 0.25) is 0 Å². The van der Waals surface area contributed by atoms with Crippen LogP contribution in [-0.4, -0.2) is 35.6 Å². The number of anilines is 1. The van der Waals surface area contributed by atoms with Crippen molar-refractivity contribution in [2.24, 2.45) is 0 Å². The van der Waals surface area contributed by atoms with E-state index in [1.807, 2.05) is 40.6 Å². The Labute approximate surface area is 127 Å². The molecule has 1 atom stereocenters. The maximum Gasteiger partial charge on any atom is 0.239 e. The summed E-state index contributed by atoms with van der Waals surface area (Å²) in [6.45, 7) is 1.79. The molecule has 110 valence electrons. The Bertz CT molecular complexity index is 614. The van der Waals surface area contributed by atoms with Crippen molar-refractivity contribution < 1.29 is 9.90 Å². The number of aromatic nitrogens is 1. The third-order valence-corrected chi connectivity index (χ3v) is 4.39. The first kappa shape index (κ1) is 14.0. The number of aliphatic hydroxyl groups excluding tert-OH is 1. The molecule has 1 aromatic carbocycles. The lowest BCUT2D eigenvalue weighted by atomic mass is 10.1. The molecule has 1 fully saturated rings. The second-order valence-corrected chi connectivity index (χ2v) is 5.86. The normalized spacial score (nSPS) is 16.6. The second-order valence-electron chi connectivity index (χ2n) is 5.02. The first-order valence-corrected chi connectivity index (χ1v) is 7.79. The van der Waals surface area contributed by atoms with E-state index in [-0.39, 0.29) is 5.91 Å². The second kappa shape index (κ2) is 6.24. The molecule has 0 saturated carbocycles. The van der Waals surface area contributed by atoms with Crippen LogP contribution in [0, 0.1) is 0 Å². The number of nitrogens with one attached hydrogen (secondary N) is 1. The molecule has 1 saturated heterocycles. The predicted octanol–water partition coefficient (Wildman–Crippen LogP) is 1.36. The van der Waals surface area contributed by atoms with Gasteiger partial charge in [0.25, 0.3) is 0 Å². The zero-order valence-electron chi connectivity index (χ0n) is 11.5. The highest BCUT2D eigenvalue weighted by molar-refractivity contribution is 7.13. The lowest BCUT2D eigenvalue weighted by Crippen LogP contribution is -2.47. The molecule has 6 heteroatoms. The summed E-state index contributed by atoms with van der Waals surface area (Å²) in [5, 5.41) is 15.8. The van der Waals surface area contributed by atoms with Gasteiger partial charge in [-0.1, -0.05) is 30.3 Å². The lowest BCUT2D eigenvalue weighted by molar-refractivity contribution is -0.120. The highest BCUT2D eigenvalue weighted by atomic mass is 32.1. The fourth-order valence-corrected chi connectivity index (χ4v) is 3.19. The van der Waals surface area contributed by atoms with E-state index < -0.39 is 6.10 Å². The minimum atomic E-state index is -0.550. The number of carbonyl (C=O) groups is 1. The van der Waals surface area contributed by atoms with Crippen molar-refractivity contribution >= 4 is 22.4 Å². The molecule has 3 rings (SSSR count). The van der Waals surface area contributed by atoms with Crippen LogP contribution in [0.5, 0.6) is 0 Å². The average Bonchev–Trinajstić information content (AvgIpc) is 2.97. The zero-order chi connectivity index (χ0) is 14.7. The van der Waals surface area contributed by atoms with Crippen LogP contribution < -0.4 is 10.2 Å². The van der Waals surface area contributed by atoms with Gasteiger partial charge in [0, 0.05) is 24.9 Å². The summed E-state index contributed by atoms with van der Waals surface area (Å²) in [6.07, 6.45) is -0.0635. The van der Waals surface area contributed by atoms with Gasteiger partial charge in [0.15, 0.2) is 5.13 Å². The summed E-state index contributed by atoms with van der Waals surface area (Å²) in [4.78, 5) is 17.9. The van der Waals surface area contributed by atoms with Gasteiger partial charge in [0.05, 0.1) is 18.3 Å². The molecule has 2 N–H and O–H groups in total. The number of benzene rings is 1. The molecule has 5 nitrogen and oxygen atoms in total. The number of aliphatic hydroxyl groups is 1. The number of hydrogen-bond donors (Lipinski definition) is 2. The number of amides is 1. The van der Waals surface area contributed by atoms with Crippen molar-refractivity contribution in [3.63, 3.8) is 0 Å². The molecular formula is C15H17N3O2S. The number of hydrogen-bond acceptors (Lipinski definition) is 5. The number of thiazole rings is 1. The smallest absolute Gasteiger partial charge is 0.239 e. The summed E-state index contributed by atoms with van der Waals surface area (Å²) in [6, 6.07) is 9.58. The van der Waals surface area contributed by atoms with Crippen molar-refractivity contribution in [3.05, 3.63) is 47.0 Å². The van der Waals surface area contributed by atoms with Gasteiger partial charge in [-0.15, -0.1) is 11.3 Å². The van der Waals surface area contributed by atoms with Crippen molar-refractivity contribution in [1.29, 1.82) is 0 Å². The predicted molar refractivity (Wildman–Crippen MR) is 82.4 cm³/mol. The quantitative estimate of drug-likeness (QED) is 0.895. The molecular weight excluding hydrogens is 286 g/mol. The fraction of sp³-hybridized carbons (Fsp3) is 0.333. The standard InChI is InChI=1S/C15H17N3O2S/c19-13(11-4-2-1-3-5-11)8-12-10-21-15(17-12)18-7-6-16-14(20)9-18/h1-5,10,13,19H,6-9H2,(H,16,20). The highest BCUT2D eigenvalue weighted by Gasteiger charge is 2.19. The third-order valence-electron chi connectivity index (χ3n) is 3.44. The van der Waals surface area contributed by atoms with Crippen LogP contribution in [0.4, 0.5) is 5.13 Å². The van der Waals surface area contributed by atoms with Gasteiger partial charge in [-0.2, -0.15) is 0 Å². The number of piperazine rings is 1. The van der Waals surface area contributed by atoms with E-state index in [1.165, 1.54) is 11.3 Å². The Morgan fingerprint density at radius 1 is 1.38 bits per heavy atom. The minimum absolute atomic E-state index is 0.0299. The molecule has 2 heterocycles. The van der Waals surface area contributed by atoms with Gasteiger partial charge in [0.1, 0.15) is 0 Å². The Hall–Kier alpha value is -1.92. The molecule has 0 spiro atoms. The summed E-state index contributed by atoms with van der Waals surface area (Å²) in [7, 11) is 0. The van der Waals surface area contributed by atoms with Gasteiger partial charge >= 0.3 is 0 Å². The van der Waals surface area contributed by atoms with Gasteiger partial charge in [-0.25, -0.2) is 4.98 Å². The van der Waals surface area contributed by atoms with E-state index in [1.54, 1.807) is 0 Å². The maximum atomic E-state index is 11.4. The largest absolute Gasteiger partial charge is 0.388 e. The van der Waals surface area contributed by atoms with E-state index in [0.717, 1.165) is 22.9 Å². The SMILES string of the molecule is O=C1CN(c2nc(CC(O)c3ccccc3)cs2)CCN1. The fourth-order valence-electron chi connectivity index (χ4n) is 2.33. The Morgan fingerprint density at radius 2 is 2.19 bits per heavy atom. The maximum absolute atomic E-state index is 11.4. The molecule has 21 heavy (non-hydrogen) atoms.